The molecule has 1 atom stereocenters. The summed E-state index contributed by atoms with van der Waals surface area (Å²) in [5.74, 6) is 0.752. The minimum Gasteiger partial charge on any atom is -0.496 e. The second-order valence-electron chi connectivity index (χ2n) is 8.77. The number of hydrogen-bond acceptors (Lipinski definition) is 6. The zero-order valence-corrected chi connectivity index (χ0v) is 19.5. The molecular formula is C24H31FN4O2S. The number of aromatic nitrogens is 1. The maximum Gasteiger partial charge on any atom is 0.270 e. The lowest BCUT2D eigenvalue weighted by Gasteiger charge is -2.34. The van der Waals surface area contributed by atoms with Crippen molar-refractivity contribution >= 4 is 23.5 Å². The summed E-state index contributed by atoms with van der Waals surface area (Å²) in [6.07, 6.45) is 8.37. The van der Waals surface area contributed by atoms with Crippen molar-refractivity contribution in [1.82, 2.24) is 15.0 Å². The first-order valence-corrected chi connectivity index (χ1v) is 12.4. The monoisotopic (exact) mass is 458 g/mol. The van der Waals surface area contributed by atoms with Crippen LogP contribution in [0, 0.1) is 11.7 Å². The highest BCUT2D eigenvalue weighted by molar-refractivity contribution is 7.96. The molecule has 1 unspecified atom stereocenters. The van der Waals surface area contributed by atoms with Crippen molar-refractivity contribution in [3.63, 3.8) is 0 Å². The predicted molar refractivity (Wildman–Crippen MR) is 127 cm³/mol. The van der Waals surface area contributed by atoms with Crippen molar-refractivity contribution in [3.05, 3.63) is 53.6 Å². The van der Waals surface area contributed by atoms with E-state index in [2.05, 4.69) is 19.9 Å². The number of nitrogens with one attached hydrogen (secondary N) is 2. The number of carbonyl (C=O) groups is 1. The second-order valence-corrected chi connectivity index (χ2v) is 9.47. The minimum atomic E-state index is -0.366. The van der Waals surface area contributed by atoms with Gasteiger partial charge in [0.2, 0.25) is 0 Å². The highest BCUT2D eigenvalue weighted by Gasteiger charge is 2.45. The topological polar surface area (TPSA) is 66.5 Å². The number of methoxy groups -OCH3 is 1. The lowest BCUT2D eigenvalue weighted by atomic mass is 9.98. The van der Waals surface area contributed by atoms with E-state index in [9.17, 15) is 9.18 Å². The molecule has 2 heterocycles. The Morgan fingerprint density at radius 2 is 2.19 bits per heavy atom. The van der Waals surface area contributed by atoms with Gasteiger partial charge in [0, 0.05) is 37.1 Å². The number of rotatable bonds is 9. The van der Waals surface area contributed by atoms with Gasteiger partial charge < -0.3 is 15.0 Å². The van der Waals surface area contributed by atoms with E-state index in [0.29, 0.717) is 23.8 Å². The van der Waals surface area contributed by atoms with Crippen molar-refractivity contribution in [2.24, 2.45) is 5.92 Å². The molecule has 8 heteroatoms. The first kappa shape index (κ1) is 22.9. The van der Waals surface area contributed by atoms with Crippen LogP contribution in [0.25, 0.3) is 0 Å². The predicted octanol–water partition coefficient (Wildman–Crippen LogP) is 3.82. The largest absolute Gasteiger partial charge is 0.496 e. The average molecular weight is 459 g/mol. The van der Waals surface area contributed by atoms with Gasteiger partial charge in [-0.15, -0.1) is 0 Å². The van der Waals surface area contributed by atoms with Gasteiger partial charge in [-0.25, -0.2) is 4.39 Å². The Morgan fingerprint density at radius 1 is 1.34 bits per heavy atom. The highest BCUT2D eigenvalue weighted by Crippen LogP contribution is 2.41. The van der Waals surface area contributed by atoms with E-state index in [-0.39, 0.29) is 17.3 Å². The fourth-order valence-electron chi connectivity index (χ4n) is 4.46. The summed E-state index contributed by atoms with van der Waals surface area (Å²) in [5.41, 5.74) is 1.86. The van der Waals surface area contributed by atoms with E-state index in [1.165, 1.54) is 18.6 Å². The first-order chi connectivity index (χ1) is 15.5. The molecule has 1 aliphatic carbocycles. The maximum atomic E-state index is 13.8. The smallest absolute Gasteiger partial charge is 0.270 e. The SMILES string of the molecule is COc1ccc(F)cc1CC1(NC(=O)c2cc(N3CCCC(CNSC)C3)ccn2)CC1. The van der Waals surface area contributed by atoms with Crippen molar-refractivity contribution in [2.75, 3.05) is 37.9 Å². The van der Waals surface area contributed by atoms with E-state index in [4.69, 9.17) is 4.74 Å². The molecule has 1 amide bonds. The normalized spacial score (nSPS) is 19.5. The van der Waals surface area contributed by atoms with Gasteiger partial charge in [0.15, 0.2) is 0 Å². The number of benzene rings is 1. The summed E-state index contributed by atoms with van der Waals surface area (Å²) < 4.78 is 22.5. The molecule has 4 rings (SSSR count). The van der Waals surface area contributed by atoms with Crippen LogP contribution < -0.4 is 19.7 Å². The van der Waals surface area contributed by atoms with E-state index < -0.39 is 0 Å². The van der Waals surface area contributed by atoms with Crippen LogP contribution >= 0.6 is 11.9 Å². The Morgan fingerprint density at radius 3 is 2.94 bits per heavy atom. The zero-order valence-electron chi connectivity index (χ0n) is 18.7. The van der Waals surface area contributed by atoms with Crippen molar-refractivity contribution in [2.45, 2.75) is 37.6 Å². The van der Waals surface area contributed by atoms with Crippen LogP contribution in [0.15, 0.2) is 36.5 Å². The minimum absolute atomic E-state index is 0.183. The van der Waals surface area contributed by atoms with E-state index in [1.54, 1.807) is 31.3 Å². The van der Waals surface area contributed by atoms with Crippen LogP contribution in [0.3, 0.4) is 0 Å². The molecule has 0 spiro atoms. The third-order valence-corrected chi connectivity index (χ3v) is 6.84. The lowest BCUT2D eigenvalue weighted by Crippen LogP contribution is -2.40. The third-order valence-electron chi connectivity index (χ3n) is 6.38. The van der Waals surface area contributed by atoms with Gasteiger partial charge in [0.05, 0.1) is 7.11 Å². The molecule has 1 saturated heterocycles. The van der Waals surface area contributed by atoms with Gasteiger partial charge in [-0.05, 0) is 80.2 Å². The van der Waals surface area contributed by atoms with E-state index in [0.717, 1.165) is 50.1 Å². The van der Waals surface area contributed by atoms with Crippen LogP contribution in [-0.4, -0.2) is 49.4 Å². The van der Waals surface area contributed by atoms with Crippen molar-refractivity contribution in [3.8, 4) is 5.75 Å². The van der Waals surface area contributed by atoms with Crippen LogP contribution in [0.1, 0.15) is 41.7 Å². The summed E-state index contributed by atoms with van der Waals surface area (Å²) in [6.45, 7) is 2.95. The Bertz CT molecular complexity index is 953. The molecule has 0 bridgehead atoms. The molecule has 6 nitrogen and oxygen atoms in total. The molecule has 172 valence electrons. The molecule has 32 heavy (non-hydrogen) atoms. The van der Waals surface area contributed by atoms with Crippen LogP contribution in [-0.2, 0) is 6.42 Å². The quantitative estimate of drug-likeness (QED) is 0.557. The van der Waals surface area contributed by atoms with Gasteiger partial charge >= 0.3 is 0 Å². The summed E-state index contributed by atoms with van der Waals surface area (Å²) in [6, 6.07) is 8.37. The molecule has 1 saturated carbocycles. The summed E-state index contributed by atoms with van der Waals surface area (Å²) >= 11 is 1.65. The number of nitrogens with zero attached hydrogens (tertiary/aromatic N) is 2. The Kier molecular flexibility index (Phi) is 7.20. The van der Waals surface area contributed by atoms with Crippen LogP contribution in [0.5, 0.6) is 5.75 Å². The fourth-order valence-corrected chi connectivity index (χ4v) is 4.86. The number of piperidine rings is 1. The molecule has 2 fully saturated rings. The zero-order chi connectivity index (χ0) is 22.6. The maximum absolute atomic E-state index is 13.8. The summed E-state index contributed by atoms with van der Waals surface area (Å²) in [4.78, 5) is 19.7. The molecule has 0 radical (unpaired) electrons. The van der Waals surface area contributed by atoms with Crippen LogP contribution in [0.4, 0.5) is 10.1 Å². The molecule has 1 aromatic carbocycles. The molecule has 2 aromatic rings. The van der Waals surface area contributed by atoms with Gasteiger partial charge in [-0.3, -0.25) is 14.5 Å². The number of anilines is 1. The Balaban J connectivity index is 1.42. The molecular weight excluding hydrogens is 427 g/mol. The summed E-state index contributed by atoms with van der Waals surface area (Å²) in [7, 11) is 1.58. The van der Waals surface area contributed by atoms with Gasteiger partial charge in [-0.2, -0.15) is 0 Å². The number of carbonyl (C=O) groups excluding carboxylic acids is 1. The van der Waals surface area contributed by atoms with Crippen molar-refractivity contribution in [1.29, 1.82) is 0 Å². The average Bonchev–Trinajstić information content (AvgIpc) is 3.56. The van der Waals surface area contributed by atoms with E-state index >= 15 is 0 Å². The number of halogens is 1. The number of pyridine rings is 1. The number of amides is 1. The second kappa shape index (κ2) is 10.1. The summed E-state index contributed by atoms with van der Waals surface area (Å²) in [5, 5.41) is 3.16. The van der Waals surface area contributed by atoms with E-state index in [1.807, 2.05) is 18.4 Å². The number of ether oxygens (including phenoxy) is 1. The molecule has 2 aliphatic rings. The highest BCUT2D eigenvalue weighted by atomic mass is 32.2. The van der Waals surface area contributed by atoms with Gasteiger partial charge in [0.1, 0.15) is 17.3 Å². The lowest BCUT2D eigenvalue weighted by molar-refractivity contribution is 0.0926. The number of hydrogen-bond donors (Lipinski definition) is 2. The third kappa shape index (κ3) is 5.53. The molecule has 2 N–H and O–H groups in total. The van der Waals surface area contributed by atoms with Gasteiger partial charge in [0.25, 0.3) is 5.91 Å². The first-order valence-electron chi connectivity index (χ1n) is 11.1. The molecule has 1 aliphatic heterocycles. The fraction of sp³-hybridized carbons (Fsp3) is 0.500. The molecule has 1 aromatic heterocycles. The Labute approximate surface area is 193 Å². The van der Waals surface area contributed by atoms with Crippen molar-refractivity contribution < 1.29 is 13.9 Å². The van der Waals surface area contributed by atoms with Crippen LogP contribution in [0.2, 0.25) is 0 Å². The standard InChI is InChI=1S/C24H31FN4O2S/c1-31-22-6-5-19(25)12-18(22)14-24(8-9-24)28-23(30)21-13-20(7-10-26-21)29-11-3-4-17(16-29)15-27-32-2/h5-7,10,12-13,17,27H,3-4,8-9,11,14-16H2,1-2H3,(H,28,30). The Hall–Kier alpha value is -2.32. The van der Waals surface area contributed by atoms with Gasteiger partial charge in [-0.1, -0.05) is 11.9 Å².